The molecule has 1 rings (SSSR count). The lowest BCUT2D eigenvalue weighted by molar-refractivity contribution is -0.143. The van der Waals surface area contributed by atoms with Crippen molar-refractivity contribution in [3.63, 3.8) is 0 Å². The standard InChI is InChI=1S/C6H11NO3/c1-6(5(9)10)2-4(8)3-7-6/h4,7-8H,2-3H2,1H3,(H,9,10)/t4-,6+/m1/s1. The summed E-state index contributed by atoms with van der Waals surface area (Å²) in [5.41, 5.74) is -0.917. The van der Waals surface area contributed by atoms with E-state index in [0.717, 1.165) is 0 Å². The number of nitrogens with one attached hydrogen (secondary N) is 1. The number of hydrogen-bond acceptors (Lipinski definition) is 3. The number of carboxylic acid groups (broad SMARTS) is 1. The first-order chi connectivity index (χ1) is 4.54. The summed E-state index contributed by atoms with van der Waals surface area (Å²) in [5.74, 6) is -0.899. The minimum Gasteiger partial charge on any atom is -0.480 e. The predicted octanol–water partition coefficient (Wildman–Crippen LogP) is -0.816. The molecule has 4 nitrogen and oxygen atoms in total. The van der Waals surface area contributed by atoms with Gasteiger partial charge in [-0.2, -0.15) is 0 Å². The Kier molecular flexibility index (Phi) is 1.66. The van der Waals surface area contributed by atoms with E-state index in [1.54, 1.807) is 6.92 Å². The van der Waals surface area contributed by atoms with Gasteiger partial charge in [-0.1, -0.05) is 0 Å². The van der Waals surface area contributed by atoms with Gasteiger partial charge in [-0.15, -0.1) is 0 Å². The second-order valence-corrected chi connectivity index (χ2v) is 2.88. The lowest BCUT2D eigenvalue weighted by Gasteiger charge is -2.16. The summed E-state index contributed by atoms with van der Waals surface area (Å²) in [5, 5.41) is 20.3. The monoisotopic (exact) mass is 145 g/mol. The van der Waals surface area contributed by atoms with Gasteiger partial charge in [0.05, 0.1) is 6.10 Å². The first-order valence-corrected chi connectivity index (χ1v) is 3.21. The molecule has 1 heterocycles. The molecule has 2 atom stereocenters. The van der Waals surface area contributed by atoms with Crippen molar-refractivity contribution in [1.82, 2.24) is 5.32 Å². The lowest BCUT2D eigenvalue weighted by atomic mass is 10.0. The van der Waals surface area contributed by atoms with Crippen LogP contribution in [0, 0.1) is 0 Å². The fourth-order valence-electron chi connectivity index (χ4n) is 1.12. The zero-order valence-electron chi connectivity index (χ0n) is 5.79. The Labute approximate surface area is 58.9 Å². The molecule has 1 fully saturated rings. The van der Waals surface area contributed by atoms with Gasteiger partial charge < -0.3 is 10.2 Å². The number of aliphatic hydroxyl groups excluding tert-OH is 1. The lowest BCUT2D eigenvalue weighted by Crippen LogP contribution is -2.44. The van der Waals surface area contributed by atoms with E-state index in [9.17, 15) is 4.79 Å². The molecule has 4 heteroatoms. The van der Waals surface area contributed by atoms with Crippen molar-refractivity contribution >= 4 is 5.97 Å². The molecule has 1 aliphatic rings. The minimum atomic E-state index is -0.917. The molecular formula is C6H11NO3. The predicted molar refractivity (Wildman–Crippen MR) is 34.7 cm³/mol. The number of β-amino-alcohol motifs (C(OH)–C–C–N with tert-alkyl or cyclic N) is 1. The Hall–Kier alpha value is -0.610. The van der Waals surface area contributed by atoms with E-state index in [2.05, 4.69) is 5.32 Å². The molecule has 58 valence electrons. The first kappa shape index (κ1) is 7.50. The van der Waals surface area contributed by atoms with E-state index in [1.165, 1.54) is 0 Å². The summed E-state index contributed by atoms with van der Waals surface area (Å²) in [7, 11) is 0. The minimum absolute atomic E-state index is 0.294. The third kappa shape index (κ3) is 1.12. The smallest absolute Gasteiger partial charge is 0.323 e. The summed E-state index contributed by atoms with van der Waals surface area (Å²) in [6, 6.07) is 0. The molecule has 0 bridgehead atoms. The van der Waals surface area contributed by atoms with Gasteiger partial charge in [0.2, 0.25) is 0 Å². The third-order valence-corrected chi connectivity index (χ3v) is 1.84. The molecule has 0 saturated carbocycles. The average molecular weight is 145 g/mol. The van der Waals surface area contributed by atoms with Crippen molar-refractivity contribution in [2.75, 3.05) is 6.54 Å². The zero-order chi connectivity index (χ0) is 7.78. The molecule has 0 unspecified atom stereocenters. The van der Waals surface area contributed by atoms with Crippen molar-refractivity contribution < 1.29 is 15.0 Å². The Morgan fingerprint density at radius 3 is 2.60 bits per heavy atom. The quantitative estimate of drug-likeness (QED) is 0.451. The van der Waals surface area contributed by atoms with Crippen LogP contribution < -0.4 is 5.32 Å². The molecule has 0 aromatic carbocycles. The van der Waals surface area contributed by atoms with Gasteiger partial charge in [-0.3, -0.25) is 10.1 Å². The molecule has 0 spiro atoms. The van der Waals surface area contributed by atoms with Crippen molar-refractivity contribution in [2.24, 2.45) is 0 Å². The number of aliphatic carboxylic acids is 1. The van der Waals surface area contributed by atoms with Gasteiger partial charge in [0.15, 0.2) is 0 Å². The van der Waals surface area contributed by atoms with E-state index >= 15 is 0 Å². The van der Waals surface area contributed by atoms with Gasteiger partial charge in [-0.05, 0) is 6.92 Å². The largest absolute Gasteiger partial charge is 0.480 e. The van der Waals surface area contributed by atoms with Crippen LogP contribution in [0.25, 0.3) is 0 Å². The second kappa shape index (κ2) is 2.21. The van der Waals surface area contributed by atoms with Crippen LogP contribution in [0.5, 0.6) is 0 Å². The Balaban J connectivity index is 2.63. The summed E-state index contributed by atoms with van der Waals surface area (Å²) < 4.78 is 0. The first-order valence-electron chi connectivity index (χ1n) is 3.21. The number of carbonyl (C=O) groups is 1. The average Bonchev–Trinajstić information content (AvgIpc) is 2.13. The molecule has 0 aliphatic carbocycles. The van der Waals surface area contributed by atoms with Crippen molar-refractivity contribution in [3.05, 3.63) is 0 Å². The number of hydrogen-bond donors (Lipinski definition) is 3. The Morgan fingerprint density at radius 1 is 1.80 bits per heavy atom. The Bertz CT molecular complexity index is 159. The molecule has 3 N–H and O–H groups in total. The van der Waals surface area contributed by atoms with Gasteiger partial charge in [0.1, 0.15) is 5.54 Å². The summed E-state index contributed by atoms with van der Waals surface area (Å²) in [6.07, 6.45) is -0.219. The topological polar surface area (TPSA) is 69.6 Å². The van der Waals surface area contributed by atoms with Gasteiger partial charge in [0.25, 0.3) is 0 Å². The van der Waals surface area contributed by atoms with Crippen LogP contribution in [0.2, 0.25) is 0 Å². The molecule has 0 aromatic heterocycles. The van der Waals surface area contributed by atoms with Gasteiger partial charge in [0, 0.05) is 13.0 Å². The van der Waals surface area contributed by atoms with E-state index in [0.29, 0.717) is 13.0 Å². The fourth-order valence-corrected chi connectivity index (χ4v) is 1.12. The van der Waals surface area contributed by atoms with Crippen LogP contribution in [0.4, 0.5) is 0 Å². The second-order valence-electron chi connectivity index (χ2n) is 2.88. The molecule has 0 aromatic rings. The van der Waals surface area contributed by atoms with Crippen LogP contribution >= 0.6 is 0 Å². The van der Waals surface area contributed by atoms with E-state index in [1.807, 2.05) is 0 Å². The molecule has 10 heavy (non-hydrogen) atoms. The summed E-state index contributed by atoms with van der Waals surface area (Å²) >= 11 is 0. The highest BCUT2D eigenvalue weighted by Crippen LogP contribution is 2.18. The van der Waals surface area contributed by atoms with E-state index in [-0.39, 0.29) is 0 Å². The maximum absolute atomic E-state index is 10.5. The van der Waals surface area contributed by atoms with Crippen LogP contribution in [-0.2, 0) is 4.79 Å². The van der Waals surface area contributed by atoms with Crippen LogP contribution in [0.3, 0.4) is 0 Å². The summed E-state index contributed by atoms with van der Waals surface area (Å²) in [6.45, 7) is 1.95. The van der Waals surface area contributed by atoms with Crippen molar-refractivity contribution in [2.45, 2.75) is 25.0 Å². The fraction of sp³-hybridized carbons (Fsp3) is 0.833. The summed E-state index contributed by atoms with van der Waals surface area (Å²) in [4.78, 5) is 10.5. The molecule has 0 radical (unpaired) electrons. The highest BCUT2D eigenvalue weighted by molar-refractivity contribution is 5.78. The molecule has 1 aliphatic heterocycles. The van der Waals surface area contributed by atoms with E-state index in [4.69, 9.17) is 10.2 Å². The van der Waals surface area contributed by atoms with Gasteiger partial charge >= 0.3 is 5.97 Å². The zero-order valence-corrected chi connectivity index (χ0v) is 5.79. The molecular weight excluding hydrogens is 134 g/mol. The maximum atomic E-state index is 10.5. The van der Waals surface area contributed by atoms with E-state index < -0.39 is 17.6 Å². The normalized spacial score (nSPS) is 40.0. The highest BCUT2D eigenvalue weighted by Gasteiger charge is 2.40. The van der Waals surface area contributed by atoms with Gasteiger partial charge in [-0.25, -0.2) is 0 Å². The van der Waals surface area contributed by atoms with Crippen LogP contribution in [0.15, 0.2) is 0 Å². The van der Waals surface area contributed by atoms with Crippen LogP contribution in [0.1, 0.15) is 13.3 Å². The molecule has 1 saturated heterocycles. The SMILES string of the molecule is C[C@@]1(C(=O)O)C[C@@H](O)CN1. The van der Waals surface area contributed by atoms with Crippen molar-refractivity contribution in [3.8, 4) is 0 Å². The maximum Gasteiger partial charge on any atom is 0.323 e. The molecule has 0 amide bonds. The number of carboxylic acids is 1. The third-order valence-electron chi connectivity index (χ3n) is 1.84. The highest BCUT2D eigenvalue weighted by atomic mass is 16.4. The number of rotatable bonds is 1. The van der Waals surface area contributed by atoms with Crippen LogP contribution in [-0.4, -0.2) is 34.4 Å². The number of aliphatic hydroxyl groups is 1. The Morgan fingerprint density at radius 2 is 2.40 bits per heavy atom. The van der Waals surface area contributed by atoms with Crippen molar-refractivity contribution in [1.29, 1.82) is 0 Å².